The van der Waals surface area contributed by atoms with Crippen molar-refractivity contribution in [2.45, 2.75) is 38.7 Å². The summed E-state index contributed by atoms with van der Waals surface area (Å²) in [7, 11) is 0. The zero-order valence-corrected chi connectivity index (χ0v) is 14.4. The van der Waals surface area contributed by atoms with Crippen LogP contribution in [0.1, 0.15) is 32.6 Å². The second-order valence-electron chi connectivity index (χ2n) is 5.73. The van der Waals surface area contributed by atoms with Crippen LogP contribution < -0.4 is 15.4 Å². The quantitative estimate of drug-likeness (QED) is 0.680. The molecule has 1 aliphatic rings. The Balaban J connectivity index is 1.76. The monoisotopic (exact) mass is 336 g/mol. The van der Waals surface area contributed by atoms with Crippen molar-refractivity contribution in [2.24, 2.45) is 0 Å². The molecule has 0 spiro atoms. The molecule has 0 aromatic heterocycles. The first kappa shape index (κ1) is 18.5. The van der Waals surface area contributed by atoms with Crippen molar-refractivity contribution >= 4 is 11.7 Å². The fourth-order valence-electron chi connectivity index (χ4n) is 2.50. The molecule has 2 N–H and O–H groups in total. The van der Waals surface area contributed by atoms with Gasteiger partial charge in [0.05, 0.1) is 11.8 Å². The molecule has 0 radical (unpaired) electrons. The van der Waals surface area contributed by atoms with Gasteiger partial charge in [-0.2, -0.15) is 0 Å². The van der Waals surface area contributed by atoms with Crippen LogP contribution in [0, 0.1) is 0 Å². The van der Waals surface area contributed by atoms with Gasteiger partial charge >= 0.3 is 6.03 Å². The Bertz CT molecular complexity index is 490. The molecule has 24 heavy (non-hydrogen) atoms. The smallest absolute Gasteiger partial charge is 0.319 e. The summed E-state index contributed by atoms with van der Waals surface area (Å²) in [6, 6.07) is 7.21. The van der Waals surface area contributed by atoms with Crippen LogP contribution in [0.25, 0.3) is 0 Å². The molecule has 1 atom stereocenters. The summed E-state index contributed by atoms with van der Waals surface area (Å²) in [6.07, 6.45) is 4.25. The van der Waals surface area contributed by atoms with Gasteiger partial charge in [0, 0.05) is 26.4 Å². The molecule has 1 unspecified atom stereocenters. The third-order valence-corrected chi connectivity index (χ3v) is 3.79. The van der Waals surface area contributed by atoms with E-state index in [0.717, 1.165) is 25.9 Å². The van der Waals surface area contributed by atoms with Gasteiger partial charge in [-0.1, -0.05) is 12.1 Å². The molecular formula is C18H28N2O4. The minimum atomic E-state index is -0.239. The van der Waals surface area contributed by atoms with Gasteiger partial charge in [-0.3, -0.25) is 0 Å². The second-order valence-corrected chi connectivity index (χ2v) is 5.73. The highest BCUT2D eigenvalue weighted by Gasteiger charge is 2.15. The molecule has 1 aliphatic heterocycles. The number of hydrogen-bond acceptors (Lipinski definition) is 4. The van der Waals surface area contributed by atoms with E-state index in [9.17, 15) is 4.79 Å². The number of para-hydroxylation sites is 2. The number of anilines is 1. The van der Waals surface area contributed by atoms with Crippen LogP contribution in [0.3, 0.4) is 0 Å². The number of urea groups is 1. The Hall–Kier alpha value is -1.79. The molecule has 1 saturated heterocycles. The van der Waals surface area contributed by atoms with Crippen LogP contribution in [-0.4, -0.2) is 45.1 Å². The highest BCUT2D eigenvalue weighted by Crippen LogP contribution is 2.24. The number of ether oxygens (including phenoxy) is 3. The molecule has 134 valence electrons. The van der Waals surface area contributed by atoms with Gasteiger partial charge in [0.15, 0.2) is 0 Å². The fourth-order valence-corrected chi connectivity index (χ4v) is 2.50. The lowest BCUT2D eigenvalue weighted by Crippen LogP contribution is -2.30. The van der Waals surface area contributed by atoms with Crippen LogP contribution in [0.2, 0.25) is 0 Å². The normalized spacial score (nSPS) is 17.3. The number of nitrogens with one attached hydrogen (secondary N) is 2. The van der Waals surface area contributed by atoms with Crippen molar-refractivity contribution in [2.75, 3.05) is 38.3 Å². The van der Waals surface area contributed by atoms with E-state index < -0.39 is 0 Å². The van der Waals surface area contributed by atoms with Crippen LogP contribution in [0.5, 0.6) is 5.75 Å². The molecule has 6 heteroatoms. The maximum atomic E-state index is 12.0. The van der Waals surface area contributed by atoms with Crippen molar-refractivity contribution in [3.8, 4) is 5.75 Å². The van der Waals surface area contributed by atoms with E-state index in [1.54, 1.807) is 0 Å². The van der Waals surface area contributed by atoms with Crippen molar-refractivity contribution in [1.29, 1.82) is 0 Å². The first-order valence-electron chi connectivity index (χ1n) is 8.75. The van der Waals surface area contributed by atoms with E-state index in [-0.39, 0.29) is 12.1 Å². The van der Waals surface area contributed by atoms with E-state index >= 15 is 0 Å². The molecule has 0 bridgehead atoms. The maximum Gasteiger partial charge on any atom is 0.319 e. The molecular weight excluding hydrogens is 308 g/mol. The highest BCUT2D eigenvalue weighted by molar-refractivity contribution is 5.90. The van der Waals surface area contributed by atoms with E-state index in [2.05, 4.69) is 10.6 Å². The molecule has 1 heterocycles. The topological polar surface area (TPSA) is 68.8 Å². The summed E-state index contributed by atoms with van der Waals surface area (Å²) in [5.74, 6) is 0.663. The van der Waals surface area contributed by atoms with Gasteiger partial charge in [-0.15, -0.1) is 0 Å². The van der Waals surface area contributed by atoms with Crippen molar-refractivity contribution in [3.63, 3.8) is 0 Å². The van der Waals surface area contributed by atoms with Gasteiger partial charge in [0.1, 0.15) is 12.4 Å². The number of benzene rings is 1. The van der Waals surface area contributed by atoms with E-state index in [1.165, 1.54) is 6.42 Å². The van der Waals surface area contributed by atoms with E-state index in [4.69, 9.17) is 14.2 Å². The SMILES string of the molecule is CCOCCCNC(=O)Nc1ccccc1OCC1CCCCO1. The molecule has 1 aromatic carbocycles. The number of amides is 2. The Labute approximate surface area is 143 Å². The lowest BCUT2D eigenvalue weighted by Gasteiger charge is -2.23. The largest absolute Gasteiger partial charge is 0.489 e. The number of hydrogen-bond donors (Lipinski definition) is 2. The number of carbonyl (C=O) groups is 1. The molecule has 1 aromatic rings. The maximum absolute atomic E-state index is 12.0. The fraction of sp³-hybridized carbons (Fsp3) is 0.611. The summed E-state index contributed by atoms with van der Waals surface area (Å²) >= 11 is 0. The average molecular weight is 336 g/mol. The molecule has 2 rings (SSSR count). The van der Waals surface area contributed by atoms with Crippen LogP contribution in [-0.2, 0) is 9.47 Å². The minimum Gasteiger partial charge on any atom is -0.489 e. The van der Waals surface area contributed by atoms with E-state index in [0.29, 0.717) is 37.8 Å². The Kier molecular flexibility index (Phi) is 8.41. The molecule has 0 saturated carbocycles. The zero-order chi connectivity index (χ0) is 17.0. The predicted molar refractivity (Wildman–Crippen MR) is 93.7 cm³/mol. The van der Waals surface area contributed by atoms with Crippen molar-refractivity contribution in [3.05, 3.63) is 24.3 Å². The summed E-state index contributed by atoms with van der Waals surface area (Å²) in [5, 5.41) is 5.64. The minimum absolute atomic E-state index is 0.138. The summed E-state index contributed by atoms with van der Waals surface area (Å²) < 4.78 is 16.8. The summed E-state index contributed by atoms with van der Waals surface area (Å²) in [6.45, 7) is 5.19. The lowest BCUT2D eigenvalue weighted by atomic mass is 10.1. The third kappa shape index (κ3) is 6.76. The van der Waals surface area contributed by atoms with Gasteiger partial charge in [0.2, 0.25) is 0 Å². The Morgan fingerprint density at radius 1 is 1.33 bits per heavy atom. The number of carbonyl (C=O) groups excluding carboxylic acids is 1. The number of rotatable bonds is 9. The van der Waals surface area contributed by atoms with Crippen LogP contribution >= 0.6 is 0 Å². The van der Waals surface area contributed by atoms with Crippen molar-refractivity contribution in [1.82, 2.24) is 5.32 Å². The summed E-state index contributed by atoms with van der Waals surface area (Å²) in [4.78, 5) is 12.0. The zero-order valence-electron chi connectivity index (χ0n) is 14.4. The van der Waals surface area contributed by atoms with Gasteiger partial charge in [-0.25, -0.2) is 4.79 Å². The van der Waals surface area contributed by atoms with Crippen LogP contribution in [0.4, 0.5) is 10.5 Å². The van der Waals surface area contributed by atoms with E-state index in [1.807, 2.05) is 31.2 Å². The molecule has 2 amide bonds. The summed E-state index contributed by atoms with van der Waals surface area (Å²) in [5.41, 5.74) is 0.663. The van der Waals surface area contributed by atoms with Crippen molar-refractivity contribution < 1.29 is 19.0 Å². The standard InChI is InChI=1S/C18H28N2O4/c1-2-22-12-7-11-19-18(21)20-16-9-3-4-10-17(16)24-14-15-8-5-6-13-23-15/h3-4,9-10,15H,2,5-8,11-14H2,1H3,(H2,19,20,21). The average Bonchev–Trinajstić information content (AvgIpc) is 2.62. The molecule has 6 nitrogen and oxygen atoms in total. The molecule has 0 aliphatic carbocycles. The third-order valence-electron chi connectivity index (χ3n) is 3.79. The highest BCUT2D eigenvalue weighted by atomic mass is 16.5. The lowest BCUT2D eigenvalue weighted by molar-refractivity contribution is -0.0109. The second kappa shape index (κ2) is 10.9. The first-order chi connectivity index (χ1) is 11.8. The molecule has 1 fully saturated rings. The first-order valence-corrected chi connectivity index (χ1v) is 8.75. The Morgan fingerprint density at radius 2 is 2.21 bits per heavy atom. The Morgan fingerprint density at radius 3 is 3.00 bits per heavy atom. The van der Waals surface area contributed by atoms with Crippen LogP contribution in [0.15, 0.2) is 24.3 Å². The van der Waals surface area contributed by atoms with Gasteiger partial charge in [-0.05, 0) is 44.7 Å². The van der Waals surface area contributed by atoms with Gasteiger partial charge < -0.3 is 24.8 Å². The van der Waals surface area contributed by atoms with Gasteiger partial charge in [0.25, 0.3) is 0 Å². The predicted octanol–water partition coefficient (Wildman–Crippen LogP) is 3.18.